The van der Waals surface area contributed by atoms with Crippen LogP contribution in [0.3, 0.4) is 0 Å². The van der Waals surface area contributed by atoms with E-state index in [-0.39, 0.29) is 5.44 Å². The van der Waals surface area contributed by atoms with E-state index in [1.165, 1.54) is 5.56 Å². The van der Waals surface area contributed by atoms with Gasteiger partial charge in [-0.2, -0.15) is 0 Å². The Morgan fingerprint density at radius 3 is 2.25 bits per heavy atom. The normalized spacial score (nSPS) is 22.7. The third kappa shape index (κ3) is 6.72. The molecule has 0 amide bonds. The molecule has 4 nitrogen and oxygen atoms in total. The quantitative estimate of drug-likeness (QED) is 0.856. The van der Waals surface area contributed by atoms with Crippen LogP contribution in [0.15, 0.2) is 30.3 Å². The van der Waals surface area contributed by atoms with Crippen LogP contribution in [-0.4, -0.2) is 51.7 Å². The molecule has 20 heavy (non-hydrogen) atoms. The van der Waals surface area contributed by atoms with Crippen molar-refractivity contribution in [2.75, 3.05) is 46.2 Å². The molecule has 0 saturated carbocycles. The highest BCUT2D eigenvalue weighted by atomic mass is 32.2. The van der Waals surface area contributed by atoms with E-state index in [1.807, 2.05) is 6.07 Å². The minimum Gasteiger partial charge on any atom is -0.377 e. The van der Waals surface area contributed by atoms with Gasteiger partial charge in [-0.25, -0.2) is 0 Å². The highest BCUT2D eigenvalue weighted by Crippen LogP contribution is 2.19. The Kier molecular flexibility index (Phi) is 8.04. The van der Waals surface area contributed by atoms with Crippen molar-refractivity contribution in [2.45, 2.75) is 11.2 Å². The Labute approximate surface area is 124 Å². The first-order chi connectivity index (χ1) is 9.95. The molecule has 0 aliphatic carbocycles. The highest BCUT2D eigenvalue weighted by molar-refractivity contribution is 7.99. The Hall–Kier alpha value is -0.590. The van der Waals surface area contributed by atoms with Crippen LogP contribution < -0.4 is 0 Å². The van der Waals surface area contributed by atoms with E-state index in [1.54, 1.807) is 11.8 Å². The predicted octanol–water partition coefficient (Wildman–Crippen LogP) is 2.33. The average molecular weight is 298 g/mol. The molecule has 1 aromatic carbocycles. The van der Waals surface area contributed by atoms with E-state index in [2.05, 4.69) is 24.3 Å². The predicted molar refractivity (Wildman–Crippen MR) is 79.9 cm³/mol. The number of benzene rings is 1. The molecule has 0 aromatic heterocycles. The van der Waals surface area contributed by atoms with E-state index in [0.29, 0.717) is 46.2 Å². The Balaban J connectivity index is 1.74. The van der Waals surface area contributed by atoms with Crippen molar-refractivity contribution >= 4 is 11.8 Å². The molecule has 1 saturated heterocycles. The maximum absolute atomic E-state index is 5.81. The molecule has 0 radical (unpaired) electrons. The molecule has 1 unspecified atom stereocenters. The standard InChI is InChI=1S/C15H22O4S/c1-2-4-14(5-3-1)13-20-15-12-18-9-8-16-6-7-17-10-11-19-15/h1-5,15H,6-13H2. The van der Waals surface area contributed by atoms with E-state index >= 15 is 0 Å². The van der Waals surface area contributed by atoms with E-state index < -0.39 is 0 Å². The summed E-state index contributed by atoms with van der Waals surface area (Å²) in [6, 6.07) is 10.4. The molecule has 5 heteroatoms. The smallest absolute Gasteiger partial charge is 0.127 e. The second kappa shape index (κ2) is 10.2. The summed E-state index contributed by atoms with van der Waals surface area (Å²) in [5.41, 5.74) is 1.34. The van der Waals surface area contributed by atoms with Crippen molar-refractivity contribution < 1.29 is 18.9 Å². The summed E-state index contributed by atoms with van der Waals surface area (Å²) in [5.74, 6) is 0.923. The van der Waals surface area contributed by atoms with Gasteiger partial charge in [-0.1, -0.05) is 30.3 Å². The molecule has 0 spiro atoms. The topological polar surface area (TPSA) is 36.9 Å². The van der Waals surface area contributed by atoms with Gasteiger partial charge in [0.25, 0.3) is 0 Å². The van der Waals surface area contributed by atoms with Crippen molar-refractivity contribution in [3.63, 3.8) is 0 Å². The fourth-order valence-corrected chi connectivity index (χ4v) is 2.72. The second-order valence-electron chi connectivity index (χ2n) is 4.40. The minimum absolute atomic E-state index is 0.0400. The first kappa shape index (κ1) is 15.8. The molecule has 0 bridgehead atoms. The van der Waals surface area contributed by atoms with Crippen molar-refractivity contribution in [3.8, 4) is 0 Å². The van der Waals surface area contributed by atoms with Gasteiger partial charge in [0.1, 0.15) is 5.44 Å². The zero-order valence-corrected chi connectivity index (χ0v) is 12.5. The average Bonchev–Trinajstić information content (AvgIpc) is 2.48. The van der Waals surface area contributed by atoms with E-state index in [0.717, 1.165) is 5.75 Å². The van der Waals surface area contributed by atoms with Crippen LogP contribution in [0.1, 0.15) is 5.56 Å². The van der Waals surface area contributed by atoms with E-state index in [9.17, 15) is 0 Å². The SMILES string of the molecule is c1ccc(CSC2COCCOCCOCCO2)cc1. The van der Waals surface area contributed by atoms with Crippen LogP contribution in [0.2, 0.25) is 0 Å². The van der Waals surface area contributed by atoms with Crippen LogP contribution in [0.25, 0.3) is 0 Å². The zero-order valence-electron chi connectivity index (χ0n) is 11.7. The third-order valence-corrected chi connectivity index (χ3v) is 3.95. The lowest BCUT2D eigenvalue weighted by atomic mass is 10.2. The molecular weight excluding hydrogens is 276 g/mol. The monoisotopic (exact) mass is 298 g/mol. The molecule has 2 rings (SSSR count). The number of hydrogen-bond acceptors (Lipinski definition) is 5. The summed E-state index contributed by atoms with van der Waals surface area (Å²) in [4.78, 5) is 0. The van der Waals surface area contributed by atoms with Gasteiger partial charge in [-0.05, 0) is 5.56 Å². The van der Waals surface area contributed by atoms with Gasteiger partial charge in [-0.3, -0.25) is 0 Å². The molecule has 1 aliphatic heterocycles. The van der Waals surface area contributed by atoms with Gasteiger partial charge < -0.3 is 18.9 Å². The molecule has 1 aliphatic rings. The maximum atomic E-state index is 5.81. The van der Waals surface area contributed by atoms with Gasteiger partial charge >= 0.3 is 0 Å². The Bertz CT molecular complexity index is 335. The fraction of sp³-hybridized carbons (Fsp3) is 0.600. The zero-order chi connectivity index (χ0) is 13.9. The highest BCUT2D eigenvalue weighted by Gasteiger charge is 2.11. The molecule has 1 atom stereocenters. The van der Waals surface area contributed by atoms with Gasteiger partial charge in [-0.15, -0.1) is 11.8 Å². The molecular formula is C15H22O4S. The first-order valence-electron chi connectivity index (χ1n) is 6.95. The van der Waals surface area contributed by atoms with Crippen molar-refractivity contribution in [1.29, 1.82) is 0 Å². The van der Waals surface area contributed by atoms with Gasteiger partial charge in [0, 0.05) is 5.75 Å². The van der Waals surface area contributed by atoms with Crippen LogP contribution in [0.5, 0.6) is 0 Å². The molecule has 1 fully saturated rings. The molecule has 1 aromatic rings. The second-order valence-corrected chi connectivity index (χ2v) is 5.54. The lowest BCUT2D eigenvalue weighted by Gasteiger charge is -2.19. The maximum Gasteiger partial charge on any atom is 0.127 e. The lowest BCUT2D eigenvalue weighted by molar-refractivity contribution is -0.0421. The van der Waals surface area contributed by atoms with Crippen LogP contribution >= 0.6 is 11.8 Å². The summed E-state index contributed by atoms with van der Waals surface area (Å²) < 4.78 is 22.2. The third-order valence-electron chi connectivity index (χ3n) is 2.81. The number of hydrogen-bond donors (Lipinski definition) is 0. The van der Waals surface area contributed by atoms with Gasteiger partial charge in [0.2, 0.25) is 0 Å². The molecule has 1 heterocycles. The lowest BCUT2D eigenvalue weighted by Crippen LogP contribution is -2.22. The van der Waals surface area contributed by atoms with Crippen molar-refractivity contribution in [2.24, 2.45) is 0 Å². The van der Waals surface area contributed by atoms with Gasteiger partial charge in [0.15, 0.2) is 0 Å². The number of ether oxygens (including phenoxy) is 4. The van der Waals surface area contributed by atoms with Gasteiger partial charge in [0.05, 0.1) is 46.2 Å². The molecule has 112 valence electrons. The largest absolute Gasteiger partial charge is 0.377 e. The number of thioether (sulfide) groups is 1. The first-order valence-corrected chi connectivity index (χ1v) is 8.00. The molecule has 0 N–H and O–H groups in total. The van der Waals surface area contributed by atoms with Crippen LogP contribution in [0.4, 0.5) is 0 Å². The van der Waals surface area contributed by atoms with E-state index in [4.69, 9.17) is 18.9 Å². The Morgan fingerprint density at radius 2 is 1.50 bits per heavy atom. The van der Waals surface area contributed by atoms with Crippen LogP contribution in [-0.2, 0) is 24.7 Å². The van der Waals surface area contributed by atoms with Crippen LogP contribution in [0, 0.1) is 0 Å². The fourth-order valence-electron chi connectivity index (χ4n) is 1.77. The van der Waals surface area contributed by atoms with Crippen molar-refractivity contribution in [3.05, 3.63) is 35.9 Å². The number of rotatable bonds is 3. The summed E-state index contributed by atoms with van der Waals surface area (Å²) in [7, 11) is 0. The minimum atomic E-state index is 0.0400. The van der Waals surface area contributed by atoms with Crippen molar-refractivity contribution in [1.82, 2.24) is 0 Å². The summed E-state index contributed by atoms with van der Waals surface area (Å²) in [5, 5.41) is 0. The summed E-state index contributed by atoms with van der Waals surface area (Å²) >= 11 is 1.76. The Morgan fingerprint density at radius 1 is 0.850 bits per heavy atom. The summed E-state index contributed by atoms with van der Waals surface area (Å²) in [6.45, 7) is 4.23. The summed E-state index contributed by atoms with van der Waals surface area (Å²) in [6.07, 6.45) is 0.